The van der Waals surface area contributed by atoms with E-state index in [9.17, 15) is 13.2 Å². The summed E-state index contributed by atoms with van der Waals surface area (Å²) in [5.41, 5.74) is 0.828. The van der Waals surface area contributed by atoms with Crippen LogP contribution in [-0.4, -0.2) is 28.5 Å². The van der Waals surface area contributed by atoms with Crippen molar-refractivity contribution in [3.8, 4) is 5.75 Å². The molecule has 1 aromatic heterocycles. The maximum Gasteiger partial charge on any atom is 0.264 e. The number of hydrogen-bond donors (Lipinski definition) is 1. The zero-order valence-electron chi connectivity index (χ0n) is 16.3. The standard InChI is InChI=1S/C21H22N2O4S2/c1-15(20-9-6-14-28-20)22-21(24)16-10-12-17(13-11-16)29(25,26)23(2)18-7-4-5-8-19(18)27-3/h4-15H,1-3H3,(H,22,24). The Morgan fingerprint density at radius 3 is 2.38 bits per heavy atom. The van der Waals surface area contributed by atoms with Gasteiger partial charge in [-0.15, -0.1) is 11.3 Å². The minimum absolute atomic E-state index is 0.0914. The smallest absolute Gasteiger partial charge is 0.264 e. The second-order valence-corrected chi connectivity index (χ2v) is 9.33. The third-order valence-corrected chi connectivity index (χ3v) is 7.36. The number of thiophene rings is 1. The van der Waals surface area contributed by atoms with Crippen LogP contribution < -0.4 is 14.4 Å². The Labute approximate surface area is 174 Å². The first-order valence-electron chi connectivity index (χ1n) is 8.91. The summed E-state index contributed by atoms with van der Waals surface area (Å²) < 4.78 is 32.4. The molecule has 152 valence electrons. The molecule has 1 amide bonds. The van der Waals surface area contributed by atoms with E-state index in [1.165, 1.54) is 42.7 Å². The first-order chi connectivity index (χ1) is 13.8. The van der Waals surface area contributed by atoms with E-state index in [4.69, 9.17) is 4.74 Å². The van der Waals surface area contributed by atoms with Gasteiger partial charge in [0, 0.05) is 17.5 Å². The van der Waals surface area contributed by atoms with E-state index in [0.717, 1.165) is 4.88 Å². The Kier molecular flexibility index (Phi) is 6.24. The lowest BCUT2D eigenvalue weighted by atomic mass is 10.2. The molecule has 0 saturated heterocycles. The van der Waals surface area contributed by atoms with E-state index in [-0.39, 0.29) is 16.8 Å². The van der Waals surface area contributed by atoms with Gasteiger partial charge in [-0.1, -0.05) is 18.2 Å². The fraction of sp³-hybridized carbons (Fsp3) is 0.190. The van der Waals surface area contributed by atoms with Crippen molar-refractivity contribution in [1.29, 1.82) is 0 Å². The molecule has 0 saturated carbocycles. The van der Waals surface area contributed by atoms with Crippen LogP contribution in [0.1, 0.15) is 28.2 Å². The van der Waals surface area contributed by atoms with Gasteiger partial charge in [0.1, 0.15) is 5.75 Å². The van der Waals surface area contributed by atoms with Gasteiger partial charge in [-0.05, 0) is 54.8 Å². The highest BCUT2D eigenvalue weighted by Gasteiger charge is 2.24. The van der Waals surface area contributed by atoms with E-state index in [1.807, 2.05) is 24.4 Å². The Hall–Kier alpha value is -2.84. The third-order valence-electron chi connectivity index (χ3n) is 4.52. The van der Waals surface area contributed by atoms with Crippen molar-refractivity contribution in [3.63, 3.8) is 0 Å². The average molecular weight is 431 g/mol. The summed E-state index contributed by atoms with van der Waals surface area (Å²) in [4.78, 5) is 13.6. The number of carbonyl (C=O) groups is 1. The van der Waals surface area contributed by atoms with Crippen LogP contribution in [0, 0.1) is 0 Å². The minimum Gasteiger partial charge on any atom is -0.495 e. The number of nitrogens with one attached hydrogen (secondary N) is 1. The molecule has 2 aromatic carbocycles. The number of benzene rings is 2. The van der Waals surface area contributed by atoms with Gasteiger partial charge >= 0.3 is 0 Å². The van der Waals surface area contributed by atoms with Gasteiger partial charge in [0.05, 0.1) is 23.7 Å². The van der Waals surface area contributed by atoms with E-state index in [0.29, 0.717) is 17.0 Å². The van der Waals surface area contributed by atoms with Gasteiger partial charge in [-0.25, -0.2) is 8.42 Å². The van der Waals surface area contributed by atoms with Crippen LogP contribution >= 0.6 is 11.3 Å². The summed E-state index contributed by atoms with van der Waals surface area (Å²) >= 11 is 1.57. The molecule has 0 spiro atoms. The van der Waals surface area contributed by atoms with Crippen molar-refractivity contribution in [2.75, 3.05) is 18.5 Å². The summed E-state index contributed by atoms with van der Waals surface area (Å²) in [6.07, 6.45) is 0. The molecule has 8 heteroatoms. The Balaban J connectivity index is 1.79. The first kappa shape index (κ1) is 20.9. The molecule has 1 N–H and O–H groups in total. The molecule has 1 heterocycles. The molecular formula is C21H22N2O4S2. The van der Waals surface area contributed by atoms with Gasteiger partial charge in [-0.2, -0.15) is 0 Å². The SMILES string of the molecule is COc1ccccc1N(C)S(=O)(=O)c1ccc(C(=O)NC(C)c2cccs2)cc1. The second kappa shape index (κ2) is 8.67. The lowest BCUT2D eigenvalue weighted by Crippen LogP contribution is -2.28. The number of rotatable bonds is 7. The van der Waals surface area contributed by atoms with Crippen molar-refractivity contribution in [1.82, 2.24) is 5.32 Å². The summed E-state index contributed by atoms with van der Waals surface area (Å²) in [6, 6.07) is 16.5. The van der Waals surface area contributed by atoms with Crippen LogP contribution in [-0.2, 0) is 10.0 Å². The second-order valence-electron chi connectivity index (χ2n) is 6.38. The number of amides is 1. The molecule has 0 bridgehead atoms. The first-order valence-corrected chi connectivity index (χ1v) is 11.2. The topological polar surface area (TPSA) is 75.7 Å². The van der Waals surface area contributed by atoms with Crippen molar-refractivity contribution in [2.24, 2.45) is 0 Å². The maximum absolute atomic E-state index is 13.0. The number of ether oxygens (including phenoxy) is 1. The molecule has 29 heavy (non-hydrogen) atoms. The molecule has 0 aliphatic carbocycles. The highest BCUT2D eigenvalue weighted by molar-refractivity contribution is 7.92. The average Bonchev–Trinajstić information content (AvgIpc) is 3.28. The van der Waals surface area contributed by atoms with Crippen LogP contribution in [0.4, 0.5) is 5.69 Å². The molecule has 1 unspecified atom stereocenters. The molecule has 0 aliphatic rings. The monoisotopic (exact) mass is 430 g/mol. The van der Waals surface area contributed by atoms with Crippen LogP contribution in [0.15, 0.2) is 70.9 Å². The quantitative estimate of drug-likeness (QED) is 0.613. The predicted octanol–water partition coefficient (Wildman–Crippen LogP) is 4.07. The summed E-state index contributed by atoms with van der Waals surface area (Å²) in [5, 5.41) is 4.87. The van der Waals surface area contributed by atoms with E-state index >= 15 is 0 Å². The predicted molar refractivity (Wildman–Crippen MR) is 115 cm³/mol. The van der Waals surface area contributed by atoms with Crippen molar-refractivity contribution < 1.29 is 17.9 Å². The molecule has 3 aromatic rings. The largest absolute Gasteiger partial charge is 0.495 e. The van der Waals surface area contributed by atoms with Crippen LogP contribution in [0.2, 0.25) is 0 Å². The van der Waals surface area contributed by atoms with E-state index in [1.54, 1.807) is 35.6 Å². The lowest BCUT2D eigenvalue weighted by molar-refractivity contribution is 0.0940. The minimum atomic E-state index is -3.80. The van der Waals surface area contributed by atoms with E-state index in [2.05, 4.69) is 5.32 Å². The number of para-hydroxylation sites is 2. The Morgan fingerprint density at radius 2 is 1.76 bits per heavy atom. The van der Waals surface area contributed by atoms with Gasteiger partial charge in [0.25, 0.3) is 15.9 Å². The van der Waals surface area contributed by atoms with Gasteiger partial charge in [-0.3, -0.25) is 9.10 Å². The highest BCUT2D eigenvalue weighted by Crippen LogP contribution is 2.31. The Morgan fingerprint density at radius 1 is 1.07 bits per heavy atom. The van der Waals surface area contributed by atoms with Gasteiger partial charge in [0.15, 0.2) is 0 Å². The van der Waals surface area contributed by atoms with Crippen LogP contribution in [0.5, 0.6) is 5.75 Å². The third kappa shape index (κ3) is 4.44. The zero-order chi connectivity index (χ0) is 21.0. The fourth-order valence-corrected chi connectivity index (χ4v) is 4.79. The number of methoxy groups -OCH3 is 1. The highest BCUT2D eigenvalue weighted by atomic mass is 32.2. The lowest BCUT2D eigenvalue weighted by Gasteiger charge is -2.21. The number of nitrogens with zero attached hydrogens (tertiary/aromatic N) is 1. The van der Waals surface area contributed by atoms with Crippen molar-refractivity contribution in [3.05, 3.63) is 76.5 Å². The zero-order valence-corrected chi connectivity index (χ0v) is 18.0. The number of carbonyl (C=O) groups excluding carboxylic acids is 1. The summed E-state index contributed by atoms with van der Waals surface area (Å²) in [6.45, 7) is 1.91. The van der Waals surface area contributed by atoms with Crippen LogP contribution in [0.25, 0.3) is 0 Å². The van der Waals surface area contributed by atoms with Gasteiger partial charge < -0.3 is 10.1 Å². The summed E-state index contributed by atoms with van der Waals surface area (Å²) in [5.74, 6) is 0.199. The molecule has 6 nitrogen and oxygen atoms in total. The molecule has 0 aliphatic heterocycles. The fourth-order valence-electron chi connectivity index (χ4n) is 2.84. The Bertz CT molecular complexity index is 1080. The normalized spacial score (nSPS) is 12.2. The summed E-state index contributed by atoms with van der Waals surface area (Å²) in [7, 11) is -0.844. The van der Waals surface area contributed by atoms with Crippen molar-refractivity contribution >= 4 is 33.0 Å². The molecule has 0 radical (unpaired) electrons. The number of anilines is 1. The molecule has 1 atom stereocenters. The van der Waals surface area contributed by atoms with Gasteiger partial charge in [0.2, 0.25) is 0 Å². The maximum atomic E-state index is 13.0. The molecular weight excluding hydrogens is 408 g/mol. The van der Waals surface area contributed by atoms with E-state index < -0.39 is 10.0 Å². The van der Waals surface area contributed by atoms with Crippen LogP contribution in [0.3, 0.4) is 0 Å². The molecule has 3 rings (SSSR count). The van der Waals surface area contributed by atoms with Crippen molar-refractivity contribution in [2.45, 2.75) is 17.9 Å². The number of sulfonamides is 1. The molecule has 0 fully saturated rings. The number of hydrogen-bond acceptors (Lipinski definition) is 5.